The van der Waals surface area contributed by atoms with Gasteiger partial charge in [0, 0.05) is 26.4 Å². The third kappa shape index (κ3) is 15.1. The number of ether oxygens (including phenoxy) is 2. The van der Waals surface area contributed by atoms with Crippen molar-refractivity contribution < 1.29 is 72.7 Å². The van der Waals surface area contributed by atoms with Crippen LogP contribution in [0.5, 0.6) is 11.5 Å². The standard InChI is InChI=1S/C51H71N9O15/c1-7-27(2)41-51(73)75-29(4)42(57-45(67)35(20-22-39(52)64)53-46(68)37-9-8-24-59(37)26-61)48(70)54-34(19-14-30-10-15-32(63)16-11-30)44(66)55-36-21-23-40(65)60(49(36)71)43(28(3)62)50(72)58(5)38(47(69)56-41)25-31-12-17-33(74-6)18-13-31/h10-13,15-18,26-29,34-38,40-43,62-63,65H,7-9,14,19-25H2,1-6H3,(H2,52,64)(H,53,68)(H,54,70)(H,55,66)(H,56,69)(H,57,67)/t27-,28+,29-,34-,35-,36-,37-,38-,40+,41-,42-,43-/m0/s1. The first-order valence-corrected chi connectivity index (χ1v) is 25.2. The molecule has 3 saturated heterocycles. The Morgan fingerprint density at radius 1 is 0.920 bits per heavy atom. The number of likely N-dealkylation sites (tertiary alicyclic amines) is 1. The van der Waals surface area contributed by atoms with Gasteiger partial charge in [-0.1, -0.05) is 44.5 Å². The van der Waals surface area contributed by atoms with Gasteiger partial charge in [-0.3, -0.25) is 43.2 Å². The average molecular weight is 1050 g/mol. The molecule has 3 aliphatic heterocycles. The van der Waals surface area contributed by atoms with Crippen molar-refractivity contribution in [1.29, 1.82) is 0 Å². The van der Waals surface area contributed by atoms with Crippen LogP contribution in [0.2, 0.25) is 0 Å². The SMILES string of the molecule is CC[C@H](C)[C@@H]1NC(=O)[C@H](Cc2ccc(OC)cc2)N(C)C(=O)[C@H]([C@@H](C)O)N2C(=O)[C@H](CC[C@H]2O)NC(=O)[C@H](CCc2ccc(O)cc2)NC(=O)[C@@H](NC(=O)[C@H](CCC(N)=O)NC(=O)[C@@H]2CCCN2C=O)[C@H](C)OC1=O. The van der Waals surface area contributed by atoms with Gasteiger partial charge in [-0.2, -0.15) is 0 Å². The molecule has 3 fully saturated rings. The minimum atomic E-state index is -1.88. The predicted molar refractivity (Wildman–Crippen MR) is 266 cm³/mol. The fourth-order valence-electron chi connectivity index (χ4n) is 9.36. The number of benzene rings is 2. The number of carbonyl (C=O) groups is 10. The molecule has 0 radical (unpaired) electrons. The smallest absolute Gasteiger partial charge is 0.329 e. The monoisotopic (exact) mass is 1050 g/mol. The number of likely N-dealkylation sites (N-methyl/N-ethyl adjacent to an activating group) is 1. The molecule has 3 heterocycles. The molecule has 2 aromatic carbocycles. The van der Waals surface area contributed by atoms with Crippen LogP contribution in [0, 0.1) is 5.92 Å². The van der Waals surface area contributed by atoms with Crippen molar-refractivity contribution in [2.24, 2.45) is 11.7 Å². The number of phenols is 1. The number of amides is 9. The first kappa shape index (κ1) is 58.5. The summed E-state index contributed by atoms with van der Waals surface area (Å²) in [5.41, 5.74) is 6.57. The highest BCUT2D eigenvalue weighted by Gasteiger charge is 2.47. The van der Waals surface area contributed by atoms with E-state index in [1.807, 2.05) is 0 Å². The van der Waals surface area contributed by atoms with Crippen molar-refractivity contribution in [3.63, 3.8) is 0 Å². The van der Waals surface area contributed by atoms with Gasteiger partial charge in [-0.15, -0.1) is 0 Å². The van der Waals surface area contributed by atoms with Crippen LogP contribution < -0.4 is 37.1 Å². The number of esters is 1. The molecule has 0 aromatic heterocycles. The molecule has 5 rings (SSSR count). The molecule has 3 aliphatic rings. The van der Waals surface area contributed by atoms with Crippen LogP contribution in [0.15, 0.2) is 48.5 Å². The third-order valence-electron chi connectivity index (χ3n) is 14.1. The van der Waals surface area contributed by atoms with Gasteiger partial charge in [0.05, 0.1) is 13.2 Å². The quantitative estimate of drug-likeness (QED) is 0.0636. The lowest BCUT2D eigenvalue weighted by Crippen LogP contribution is -2.67. The molecule has 24 nitrogen and oxygen atoms in total. The molecule has 12 atom stereocenters. The predicted octanol–water partition coefficient (Wildman–Crippen LogP) is -1.60. The van der Waals surface area contributed by atoms with Gasteiger partial charge in [-0.25, -0.2) is 4.79 Å². The van der Waals surface area contributed by atoms with E-state index in [2.05, 4.69) is 26.6 Å². The minimum absolute atomic E-state index is 0.0425. The summed E-state index contributed by atoms with van der Waals surface area (Å²) in [5.74, 6) is -8.79. The van der Waals surface area contributed by atoms with Crippen LogP contribution in [0.4, 0.5) is 0 Å². The summed E-state index contributed by atoms with van der Waals surface area (Å²) in [5, 5.41) is 45.6. The normalized spacial score (nSPS) is 26.5. The molecule has 0 saturated carbocycles. The summed E-state index contributed by atoms with van der Waals surface area (Å²) in [4.78, 5) is 143. The number of aromatic hydroxyl groups is 1. The largest absolute Gasteiger partial charge is 0.508 e. The topological polar surface area (TPSA) is 346 Å². The third-order valence-corrected chi connectivity index (χ3v) is 14.1. The van der Waals surface area contributed by atoms with E-state index in [1.54, 1.807) is 50.2 Å². The van der Waals surface area contributed by atoms with Crippen LogP contribution in [-0.4, -0.2) is 177 Å². The Bertz CT molecular complexity index is 2390. The zero-order valence-electron chi connectivity index (χ0n) is 43.1. The van der Waals surface area contributed by atoms with Gasteiger partial charge in [0.15, 0.2) is 0 Å². The van der Waals surface area contributed by atoms with Crippen molar-refractivity contribution in [2.75, 3.05) is 20.7 Å². The summed E-state index contributed by atoms with van der Waals surface area (Å²) < 4.78 is 11.2. The first-order chi connectivity index (χ1) is 35.6. The Morgan fingerprint density at radius 3 is 2.20 bits per heavy atom. The van der Waals surface area contributed by atoms with Gasteiger partial charge in [0.25, 0.3) is 0 Å². The zero-order valence-corrected chi connectivity index (χ0v) is 43.1. The van der Waals surface area contributed by atoms with Crippen molar-refractivity contribution in [1.82, 2.24) is 41.3 Å². The Morgan fingerprint density at radius 2 is 1.59 bits per heavy atom. The number of cyclic esters (lactones) is 1. The summed E-state index contributed by atoms with van der Waals surface area (Å²) in [6.45, 7) is 6.12. The summed E-state index contributed by atoms with van der Waals surface area (Å²) in [6, 6.07) is 0.423. The highest BCUT2D eigenvalue weighted by Crippen LogP contribution is 2.26. The van der Waals surface area contributed by atoms with Crippen LogP contribution in [0.3, 0.4) is 0 Å². The number of piperidine rings is 1. The summed E-state index contributed by atoms with van der Waals surface area (Å²) >= 11 is 0. The van der Waals surface area contributed by atoms with E-state index >= 15 is 0 Å². The van der Waals surface area contributed by atoms with E-state index < -0.39 is 132 Å². The number of nitrogens with one attached hydrogen (secondary N) is 5. The number of aliphatic hydroxyl groups excluding tert-OH is 2. The number of rotatable bonds is 17. The lowest BCUT2D eigenvalue weighted by Gasteiger charge is -2.43. The highest BCUT2D eigenvalue weighted by atomic mass is 16.5. The molecule has 2 aromatic rings. The number of aryl methyl sites for hydroxylation is 1. The molecule has 10 N–H and O–H groups in total. The number of aliphatic hydroxyl groups is 2. The molecule has 0 unspecified atom stereocenters. The number of nitrogens with two attached hydrogens (primary N) is 1. The molecular weight excluding hydrogens is 979 g/mol. The van der Waals surface area contributed by atoms with Crippen LogP contribution in [0.25, 0.3) is 0 Å². The molecule has 410 valence electrons. The van der Waals surface area contributed by atoms with E-state index in [0.29, 0.717) is 29.7 Å². The zero-order chi connectivity index (χ0) is 55.3. The fourth-order valence-corrected chi connectivity index (χ4v) is 9.36. The number of phenolic OH excluding ortho intramolecular Hbond substituents is 1. The summed E-state index contributed by atoms with van der Waals surface area (Å²) in [6.07, 6.45) is -4.79. The van der Waals surface area contributed by atoms with Crippen LogP contribution in [0.1, 0.15) is 90.2 Å². The molecule has 2 bridgehead atoms. The lowest BCUT2D eigenvalue weighted by atomic mass is 9.96. The number of carbonyl (C=O) groups excluding carboxylic acids is 10. The van der Waals surface area contributed by atoms with E-state index in [4.69, 9.17) is 15.2 Å². The molecule has 75 heavy (non-hydrogen) atoms. The van der Waals surface area contributed by atoms with E-state index in [1.165, 1.54) is 45.0 Å². The maximum Gasteiger partial charge on any atom is 0.329 e. The van der Waals surface area contributed by atoms with Gasteiger partial charge in [-0.05, 0) is 100 Å². The molecule has 9 amide bonds. The second-order valence-corrected chi connectivity index (χ2v) is 19.4. The maximum atomic E-state index is 14.8. The number of methoxy groups -OCH3 is 1. The van der Waals surface area contributed by atoms with Gasteiger partial charge < -0.3 is 71.8 Å². The van der Waals surface area contributed by atoms with Crippen molar-refractivity contribution >= 4 is 59.6 Å². The van der Waals surface area contributed by atoms with E-state index in [9.17, 15) is 63.3 Å². The van der Waals surface area contributed by atoms with Gasteiger partial charge in [0.1, 0.15) is 72.2 Å². The Balaban J connectivity index is 1.62. The number of nitrogens with zero attached hydrogens (tertiary/aromatic N) is 3. The Hall–Kier alpha value is -7.34. The number of hydrogen-bond acceptors (Lipinski definition) is 15. The first-order valence-electron chi connectivity index (χ1n) is 25.2. The number of hydrogen-bond donors (Lipinski definition) is 9. The minimum Gasteiger partial charge on any atom is -0.508 e. The van der Waals surface area contributed by atoms with Crippen molar-refractivity contribution in [3.05, 3.63) is 59.7 Å². The average Bonchev–Trinajstić information content (AvgIpc) is 3.87. The second kappa shape index (κ2) is 26.7. The van der Waals surface area contributed by atoms with Crippen LogP contribution >= 0.6 is 0 Å². The Labute approximate surface area is 434 Å². The maximum absolute atomic E-state index is 14.8. The van der Waals surface area contributed by atoms with Crippen molar-refractivity contribution in [3.8, 4) is 11.5 Å². The second-order valence-electron chi connectivity index (χ2n) is 19.4. The number of fused-ring (bicyclic) bond motifs is 2. The molecular formula is C51H71N9O15. The molecule has 24 heteroatoms. The number of primary amides is 1. The van der Waals surface area contributed by atoms with Crippen molar-refractivity contribution in [2.45, 2.75) is 159 Å². The summed E-state index contributed by atoms with van der Waals surface area (Å²) in [7, 11) is 2.73. The van der Waals surface area contributed by atoms with Gasteiger partial charge >= 0.3 is 5.97 Å². The molecule has 0 aliphatic carbocycles. The lowest BCUT2D eigenvalue weighted by molar-refractivity contribution is -0.170. The van der Waals surface area contributed by atoms with E-state index in [-0.39, 0.29) is 63.7 Å². The van der Waals surface area contributed by atoms with E-state index in [0.717, 1.165) is 9.80 Å². The fraction of sp³-hybridized carbons (Fsp3) is 0.569. The Kier molecular flexibility index (Phi) is 20.9. The van der Waals surface area contributed by atoms with Gasteiger partial charge in [0.2, 0.25) is 53.7 Å². The van der Waals surface area contributed by atoms with Crippen LogP contribution in [-0.2, 0) is 65.5 Å². The highest BCUT2D eigenvalue weighted by molar-refractivity contribution is 5.99. The molecule has 0 spiro atoms.